The van der Waals surface area contributed by atoms with Gasteiger partial charge in [0.2, 0.25) is 0 Å². The highest BCUT2D eigenvalue weighted by Gasteiger charge is 2.59. The molecule has 216 valence electrons. The summed E-state index contributed by atoms with van der Waals surface area (Å²) in [6, 6.07) is 20.8. The first-order chi connectivity index (χ1) is 20.0. The molecule has 2 aliphatic rings. The van der Waals surface area contributed by atoms with E-state index >= 15 is 0 Å². The number of benzene rings is 3. The monoisotopic (exact) mass is 590 g/mol. The quantitative estimate of drug-likeness (QED) is 0.0992. The number of esters is 1. The minimum absolute atomic E-state index is 0.0820. The van der Waals surface area contributed by atoms with Crippen LogP contribution in [0.1, 0.15) is 44.9 Å². The molecular formula is C30H26N2O9S. The molecule has 1 N–H and O–H groups in total. The maximum Gasteiger partial charge on any atom is 0.359 e. The van der Waals surface area contributed by atoms with Crippen molar-refractivity contribution in [1.82, 2.24) is 9.80 Å². The highest BCUT2D eigenvalue weighted by molar-refractivity contribution is 7.85. The van der Waals surface area contributed by atoms with Crippen molar-refractivity contribution in [2.75, 3.05) is 12.9 Å². The molecule has 0 saturated carbocycles. The molecule has 1 saturated heterocycles. The zero-order valence-corrected chi connectivity index (χ0v) is 23.4. The van der Waals surface area contributed by atoms with Crippen molar-refractivity contribution in [3.63, 3.8) is 0 Å². The van der Waals surface area contributed by atoms with Crippen LogP contribution in [-0.4, -0.2) is 72.0 Å². The first-order valence-corrected chi connectivity index (χ1v) is 14.7. The molecule has 0 radical (unpaired) electrons. The Hall–Kier alpha value is -4.81. The van der Waals surface area contributed by atoms with E-state index in [0.717, 1.165) is 23.0 Å². The van der Waals surface area contributed by atoms with Gasteiger partial charge in [0.1, 0.15) is 11.8 Å². The van der Waals surface area contributed by atoms with E-state index in [2.05, 4.69) is 0 Å². The minimum Gasteiger partial charge on any atom is -0.510 e. The van der Waals surface area contributed by atoms with Crippen molar-refractivity contribution in [2.24, 2.45) is 0 Å². The van der Waals surface area contributed by atoms with E-state index in [4.69, 9.17) is 8.92 Å². The summed E-state index contributed by atoms with van der Waals surface area (Å²) >= 11 is 0. The van der Waals surface area contributed by atoms with Gasteiger partial charge in [-0.25, -0.2) is 4.79 Å². The van der Waals surface area contributed by atoms with E-state index in [1.54, 1.807) is 72.8 Å². The molecule has 0 aromatic heterocycles. The Morgan fingerprint density at radius 2 is 1.33 bits per heavy atom. The van der Waals surface area contributed by atoms with Gasteiger partial charge in [-0.1, -0.05) is 72.8 Å². The molecule has 2 aliphatic heterocycles. The highest BCUT2D eigenvalue weighted by atomic mass is 32.2. The van der Waals surface area contributed by atoms with Gasteiger partial charge in [0.25, 0.3) is 27.8 Å². The Morgan fingerprint density at radius 1 is 0.857 bits per heavy atom. The summed E-state index contributed by atoms with van der Waals surface area (Å²) in [6.07, 6.45) is -0.134. The lowest BCUT2D eigenvalue weighted by atomic mass is 9.92. The second-order valence-corrected chi connectivity index (χ2v) is 11.4. The van der Waals surface area contributed by atoms with Crippen molar-refractivity contribution in [1.29, 1.82) is 0 Å². The van der Waals surface area contributed by atoms with Crippen LogP contribution >= 0.6 is 0 Å². The number of aliphatic hydroxyl groups is 1. The fourth-order valence-electron chi connectivity index (χ4n) is 5.08. The predicted molar refractivity (Wildman–Crippen MR) is 148 cm³/mol. The number of ether oxygens (including phenoxy) is 1. The fraction of sp³-hybridized carbons (Fsp3) is 0.200. The van der Waals surface area contributed by atoms with Crippen LogP contribution in [0.2, 0.25) is 0 Å². The predicted octanol–water partition coefficient (Wildman–Crippen LogP) is 2.96. The first-order valence-electron chi connectivity index (χ1n) is 12.8. The summed E-state index contributed by atoms with van der Waals surface area (Å²) in [4.78, 5) is 55.1. The van der Waals surface area contributed by atoms with Crippen LogP contribution in [0.25, 0.3) is 0 Å². The number of carbonyl (C=O) groups is 4. The topological polar surface area (TPSA) is 148 Å². The lowest BCUT2D eigenvalue weighted by Gasteiger charge is -2.49. The van der Waals surface area contributed by atoms with Crippen molar-refractivity contribution < 1.29 is 41.6 Å². The molecule has 3 amide bonds. The van der Waals surface area contributed by atoms with E-state index in [9.17, 15) is 32.7 Å². The van der Waals surface area contributed by atoms with Gasteiger partial charge in [-0.05, 0) is 30.2 Å². The number of rotatable bonds is 9. The van der Waals surface area contributed by atoms with Crippen LogP contribution in [0.4, 0.5) is 0 Å². The normalized spacial score (nSPS) is 19.0. The minimum atomic E-state index is -4.04. The number of fused-ring (bicyclic) bond motifs is 1. The summed E-state index contributed by atoms with van der Waals surface area (Å²) in [5.74, 6) is -4.09. The average Bonchev–Trinajstić information content (AvgIpc) is 3.21. The van der Waals surface area contributed by atoms with Crippen LogP contribution in [0.5, 0.6) is 0 Å². The second-order valence-electron chi connectivity index (χ2n) is 9.78. The number of allylic oxidation sites excluding steroid dienone is 1. The van der Waals surface area contributed by atoms with Gasteiger partial charge < -0.3 is 9.84 Å². The lowest BCUT2D eigenvalue weighted by Crippen LogP contribution is -2.73. The van der Waals surface area contributed by atoms with Gasteiger partial charge in [0.15, 0.2) is 11.8 Å². The highest BCUT2D eigenvalue weighted by Crippen LogP contribution is 2.37. The molecule has 5 rings (SSSR count). The zero-order chi connectivity index (χ0) is 30.2. The Morgan fingerprint density at radius 3 is 1.79 bits per heavy atom. The average molecular weight is 591 g/mol. The molecule has 0 bridgehead atoms. The molecule has 12 heteroatoms. The van der Waals surface area contributed by atoms with E-state index in [1.807, 2.05) is 0 Å². The molecule has 11 nitrogen and oxygen atoms in total. The Labute approximate surface area is 241 Å². The van der Waals surface area contributed by atoms with Crippen LogP contribution in [0, 0.1) is 0 Å². The van der Waals surface area contributed by atoms with E-state index in [1.165, 1.54) is 12.1 Å². The van der Waals surface area contributed by atoms with Crippen molar-refractivity contribution in [3.8, 4) is 0 Å². The second kappa shape index (κ2) is 11.2. The van der Waals surface area contributed by atoms with Crippen LogP contribution in [-0.2, 0) is 28.6 Å². The number of β-lactam (4-membered cyclic amide) rings is 1. The molecular weight excluding hydrogens is 564 g/mol. The lowest BCUT2D eigenvalue weighted by molar-refractivity contribution is -0.161. The Balaban J connectivity index is 1.49. The molecule has 42 heavy (non-hydrogen) atoms. The molecule has 0 aliphatic carbocycles. The number of nitrogens with zero attached hydrogens (tertiary/aromatic N) is 2. The maximum absolute atomic E-state index is 13.7. The number of aliphatic hydroxyl groups excluding tert-OH is 1. The molecule has 0 unspecified atom stereocenters. The molecule has 1 fully saturated rings. The number of imide groups is 1. The van der Waals surface area contributed by atoms with E-state index in [-0.39, 0.29) is 11.1 Å². The van der Waals surface area contributed by atoms with Gasteiger partial charge in [-0.2, -0.15) is 8.42 Å². The summed E-state index contributed by atoms with van der Waals surface area (Å²) in [5.41, 5.74) is 0.814. The van der Waals surface area contributed by atoms with Gasteiger partial charge >= 0.3 is 5.97 Å². The number of hydrogen-bond acceptors (Lipinski definition) is 9. The van der Waals surface area contributed by atoms with Crippen LogP contribution in [0.15, 0.2) is 96.4 Å². The van der Waals surface area contributed by atoms with Gasteiger partial charge in [0, 0.05) is 0 Å². The smallest absolute Gasteiger partial charge is 0.359 e. The van der Waals surface area contributed by atoms with E-state index < -0.39 is 70.1 Å². The number of likely N-dealkylation sites (tertiary alicyclic amines) is 1. The SMILES string of the molecule is C/C(O)=C(/C(=O)OC(c1ccccc1)c1ccccc1)N1C(=O)[C@@H](N2C(=O)c3ccccc3C2=O)[C@H]1COS(C)(=O)=O. The Kier molecular flexibility index (Phi) is 7.67. The third-order valence-electron chi connectivity index (χ3n) is 6.95. The molecule has 0 spiro atoms. The van der Waals surface area contributed by atoms with Crippen molar-refractivity contribution in [2.45, 2.75) is 25.1 Å². The standard InChI is InChI=1S/C30H26N2O9S/c1-18(33)24(30(37)41-26(19-11-5-3-6-12-19)20-13-7-4-8-14-20)31-23(17-40-42(2,38)39)25(29(31)36)32-27(34)21-15-9-10-16-22(21)28(32)35/h3-16,23,25-26,33H,17H2,1-2H3/b24-18+/t23-,25+/m1/s1. The number of amides is 3. The first kappa shape index (κ1) is 28.7. The van der Waals surface area contributed by atoms with Crippen molar-refractivity contribution in [3.05, 3.63) is 119 Å². The van der Waals surface area contributed by atoms with Gasteiger partial charge in [-0.3, -0.25) is 28.4 Å². The van der Waals surface area contributed by atoms with Gasteiger partial charge in [-0.15, -0.1) is 0 Å². The third kappa shape index (κ3) is 5.29. The Bertz CT molecular complexity index is 1630. The molecule has 2 atom stereocenters. The van der Waals surface area contributed by atoms with Crippen molar-refractivity contribution >= 4 is 33.8 Å². The summed E-state index contributed by atoms with van der Waals surface area (Å²) < 4.78 is 34.5. The van der Waals surface area contributed by atoms with E-state index in [0.29, 0.717) is 11.1 Å². The maximum atomic E-state index is 13.7. The summed E-state index contributed by atoms with van der Waals surface area (Å²) in [6.45, 7) is 0.460. The van der Waals surface area contributed by atoms with Gasteiger partial charge in [0.05, 0.1) is 30.0 Å². The summed E-state index contributed by atoms with van der Waals surface area (Å²) in [7, 11) is -4.04. The van der Waals surface area contributed by atoms with Crippen LogP contribution < -0.4 is 0 Å². The zero-order valence-electron chi connectivity index (χ0n) is 22.5. The fourth-order valence-corrected chi connectivity index (χ4v) is 5.46. The summed E-state index contributed by atoms with van der Waals surface area (Å²) in [5, 5.41) is 10.6. The van der Waals surface area contributed by atoms with Crippen LogP contribution in [0.3, 0.4) is 0 Å². The molecule has 3 aromatic rings. The third-order valence-corrected chi connectivity index (χ3v) is 7.51. The number of carbonyl (C=O) groups excluding carboxylic acids is 4. The largest absolute Gasteiger partial charge is 0.510 e. The molecule has 3 aromatic carbocycles. The molecule has 2 heterocycles. The number of hydrogen-bond donors (Lipinski definition) is 1.